The van der Waals surface area contributed by atoms with Gasteiger partial charge in [0.2, 0.25) is 11.8 Å². The molecule has 0 aliphatic heterocycles. The van der Waals surface area contributed by atoms with E-state index in [1.165, 1.54) is 24.3 Å². The van der Waals surface area contributed by atoms with Crippen LogP contribution in [0.4, 0.5) is 0 Å². The molecule has 0 aliphatic carbocycles. The van der Waals surface area contributed by atoms with Crippen LogP contribution in [0.5, 0.6) is 5.75 Å². The van der Waals surface area contributed by atoms with Crippen molar-refractivity contribution >= 4 is 29.7 Å². The fraction of sp³-hybridized carbons (Fsp3) is 0.389. The summed E-state index contributed by atoms with van der Waals surface area (Å²) in [7, 11) is 0. The highest BCUT2D eigenvalue weighted by Crippen LogP contribution is 2.11. The molecule has 0 saturated carbocycles. The van der Waals surface area contributed by atoms with E-state index in [0.717, 1.165) is 0 Å². The van der Waals surface area contributed by atoms with E-state index >= 15 is 0 Å². The Bertz CT molecular complexity index is 795. The summed E-state index contributed by atoms with van der Waals surface area (Å²) in [5.74, 6) is -6.13. The number of aliphatic carboxylic acids is 3. The standard InChI is InChI=1S/C18H23N3O9/c19-11(7-9-1-3-10(22)4-2-9)16(27)21-13(8-15(25)26)17(28)20-12(18(29)30)5-6-14(23)24/h1-4,11-13,22H,5-8,19H2,(H,20,28)(H,21,27)(H,23,24)(H,25,26)(H,29,30)/t11-,12-,13-/m0/s1. The maximum absolute atomic E-state index is 12.3. The van der Waals surface area contributed by atoms with Crippen LogP contribution in [0.1, 0.15) is 24.8 Å². The number of carbonyl (C=O) groups excluding carboxylic acids is 2. The molecule has 0 aliphatic rings. The molecule has 164 valence electrons. The van der Waals surface area contributed by atoms with Crippen molar-refractivity contribution in [2.24, 2.45) is 5.73 Å². The van der Waals surface area contributed by atoms with Crippen LogP contribution < -0.4 is 16.4 Å². The molecule has 1 aromatic rings. The van der Waals surface area contributed by atoms with Crippen molar-refractivity contribution in [1.29, 1.82) is 0 Å². The third kappa shape index (κ3) is 8.56. The molecule has 2 amide bonds. The van der Waals surface area contributed by atoms with Gasteiger partial charge in [0.05, 0.1) is 12.5 Å². The number of benzene rings is 1. The number of nitrogens with two attached hydrogens (primary N) is 1. The number of carboxylic acids is 3. The van der Waals surface area contributed by atoms with Gasteiger partial charge in [0.15, 0.2) is 0 Å². The smallest absolute Gasteiger partial charge is 0.326 e. The molecule has 0 spiro atoms. The summed E-state index contributed by atoms with van der Waals surface area (Å²) in [6.07, 6.45) is -1.77. The Hall–Kier alpha value is -3.67. The van der Waals surface area contributed by atoms with Crippen LogP contribution in [0.3, 0.4) is 0 Å². The molecule has 12 heteroatoms. The van der Waals surface area contributed by atoms with Crippen molar-refractivity contribution in [3.05, 3.63) is 29.8 Å². The van der Waals surface area contributed by atoms with Crippen LogP contribution in [0.2, 0.25) is 0 Å². The van der Waals surface area contributed by atoms with Crippen molar-refractivity contribution in [2.75, 3.05) is 0 Å². The lowest BCUT2D eigenvalue weighted by Gasteiger charge is -2.21. The van der Waals surface area contributed by atoms with Gasteiger partial charge in [-0.2, -0.15) is 0 Å². The van der Waals surface area contributed by atoms with Gasteiger partial charge in [-0.1, -0.05) is 12.1 Å². The van der Waals surface area contributed by atoms with Crippen LogP contribution in [-0.4, -0.2) is 68.3 Å². The highest BCUT2D eigenvalue weighted by atomic mass is 16.4. The molecular weight excluding hydrogens is 402 g/mol. The molecule has 0 aromatic heterocycles. The van der Waals surface area contributed by atoms with E-state index in [1.54, 1.807) is 0 Å². The summed E-state index contributed by atoms with van der Waals surface area (Å²) >= 11 is 0. The first-order chi connectivity index (χ1) is 14.0. The van der Waals surface area contributed by atoms with Gasteiger partial charge in [-0.25, -0.2) is 4.79 Å². The lowest BCUT2D eigenvalue weighted by molar-refractivity contribution is -0.144. The fourth-order valence-electron chi connectivity index (χ4n) is 2.44. The van der Waals surface area contributed by atoms with Gasteiger partial charge in [-0.15, -0.1) is 0 Å². The zero-order valence-electron chi connectivity index (χ0n) is 15.8. The van der Waals surface area contributed by atoms with Crippen molar-refractivity contribution in [2.45, 2.75) is 43.8 Å². The second kappa shape index (κ2) is 11.4. The first-order valence-electron chi connectivity index (χ1n) is 8.80. The number of amides is 2. The molecular formula is C18H23N3O9. The van der Waals surface area contributed by atoms with E-state index in [0.29, 0.717) is 5.56 Å². The zero-order valence-corrected chi connectivity index (χ0v) is 15.8. The van der Waals surface area contributed by atoms with Crippen LogP contribution in [-0.2, 0) is 30.4 Å². The third-order valence-corrected chi connectivity index (χ3v) is 4.00. The minimum atomic E-state index is -1.62. The number of rotatable bonds is 12. The molecule has 8 N–H and O–H groups in total. The lowest BCUT2D eigenvalue weighted by Crippen LogP contribution is -2.55. The average molecular weight is 425 g/mol. The largest absolute Gasteiger partial charge is 0.508 e. The van der Waals surface area contributed by atoms with E-state index in [4.69, 9.17) is 21.1 Å². The van der Waals surface area contributed by atoms with Gasteiger partial charge in [-0.05, 0) is 30.5 Å². The fourth-order valence-corrected chi connectivity index (χ4v) is 2.44. The van der Waals surface area contributed by atoms with Crippen molar-refractivity contribution in [3.63, 3.8) is 0 Å². The molecule has 3 atom stereocenters. The predicted octanol–water partition coefficient (Wildman–Crippen LogP) is -1.34. The van der Waals surface area contributed by atoms with E-state index in [-0.39, 0.29) is 12.2 Å². The zero-order chi connectivity index (χ0) is 22.8. The number of aromatic hydroxyl groups is 1. The first-order valence-corrected chi connectivity index (χ1v) is 8.80. The normalized spacial score (nSPS) is 13.5. The van der Waals surface area contributed by atoms with Gasteiger partial charge >= 0.3 is 17.9 Å². The van der Waals surface area contributed by atoms with Crippen molar-refractivity contribution in [3.8, 4) is 5.75 Å². The molecule has 0 radical (unpaired) electrons. The molecule has 30 heavy (non-hydrogen) atoms. The summed E-state index contributed by atoms with van der Waals surface area (Å²) in [4.78, 5) is 57.5. The van der Waals surface area contributed by atoms with Crippen molar-refractivity contribution < 1.29 is 44.4 Å². The Labute approximate surface area is 170 Å². The highest BCUT2D eigenvalue weighted by molar-refractivity contribution is 5.94. The van der Waals surface area contributed by atoms with Gasteiger partial charge in [0.25, 0.3) is 0 Å². The molecule has 1 aromatic carbocycles. The third-order valence-electron chi connectivity index (χ3n) is 4.00. The second-order valence-corrected chi connectivity index (χ2v) is 6.47. The summed E-state index contributed by atoms with van der Waals surface area (Å²) in [5.41, 5.74) is 6.39. The summed E-state index contributed by atoms with van der Waals surface area (Å²) in [6, 6.07) is 1.50. The number of carbonyl (C=O) groups is 5. The van der Waals surface area contributed by atoms with Gasteiger partial charge in [0, 0.05) is 6.42 Å². The summed E-state index contributed by atoms with van der Waals surface area (Å²) in [5, 5.41) is 40.2. The van der Waals surface area contributed by atoms with Gasteiger partial charge in [-0.3, -0.25) is 19.2 Å². The summed E-state index contributed by atoms with van der Waals surface area (Å²) < 4.78 is 0. The van der Waals surface area contributed by atoms with Crippen LogP contribution >= 0.6 is 0 Å². The molecule has 0 fully saturated rings. The van der Waals surface area contributed by atoms with E-state index < -0.39 is 67.1 Å². The quantitative estimate of drug-likeness (QED) is 0.209. The van der Waals surface area contributed by atoms with Crippen LogP contribution in [0, 0.1) is 0 Å². The second-order valence-electron chi connectivity index (χ2n) is 6.47. The number of hydrogen-bond acceptors (Lipinski definition) is 7. The minimum absolute atomic E-state index is 0.0193. The Kier molecular flexibility index (Phi) is 9.23. The van der Waals surface area contributed by atoms with Crippen molar-refractivity contribution in [1.82, 2.24) is 10.6 Å². The number of phenolic OH excluding ortho intramolecular Hbond substituents is 1. The van der Waals surface area contributed by atoms with Gasteiger partial charge in [0.1, 0.15) is 17.8 Å². The Morgan fingerprint density at radius 3 is 1.93 bits per heavy atom. The maximum atomic E-state index is 12.3. The number of phenols is 1. The number of carboxylic acid groups (broad SMARTS) is 3. The van der Waals surface area contributed by atoms with E-state index in [1.807, 2.05) is 5.32 Å². The topological polar surface area (TPSA) is 216 Å². The Morgan fingerprint density at radius 1 is 0.867 bits per heavy atom. The molecule has 0 saturated heterocycles. The molecule has 12 nitrogen and oxygen atoms in total. The summed E-state index contributed by atoms with van der Waals surface area (Å²) in [6.45, 7) is 0. The maximum Gasteiger partial charge on any atom is 0.326 e. The predicted molar refractivity (Wildman–Crippen MR) is 100 cm³/mol. The molecule has 0 heterocycles. The van der Waals surface area contributed by atoms with E-state index in [9.17, 15) is 29.1 Å². The van der Waals surface area contributed by atoms with E-state index in [2.05, 4.69) is 5.32 Å². The molecule has 1 rings (SSSR count). The highest BCUT2D eigenvalue weighted by Gasteiger charge is 2.29. The Balaban J connectivity index is 2.80. The molecule has 0 unspecified atom stereocenters. The first kappa shape index (κ1) is 24.4. The number of hydrogen-bond donors (Lipinski definition) is 7. The number of nitrogens with one attached hydrogen (secondary N) is 2. The Morgan fingerprint density at radius 2 is 1.43 bits per heavy atom. The lowest BCUT2D eigenvalue weighted by atomic mass is 10.0. The molecule has 0 bridgehead atoms. The van der Waals surface area contributed by atoms with Gasteiger partial charge < -0.3 is 36.8 Å². The van der Waals surface area contributed by atoms with Crippen LogP contribution in [0.25, 0.3) is 0 Å². The average Bonchev–Trinajstić information content (AvgIpc) is 2.65. The minimum Gasteiger partial charge on any atom is -0.508 e. The SMILES string of the molecule is N[C@@H](Cc1ccc(O)cc1)C(=O)N[C@@H](CC(=O)O)C(=O)N[C@@H](CCC(=O)O)C(=O)O. The van der Waals surface area contributed by atoms with Crippen LogP contribution in [0.15, 0.2) is 24.3 Å². The monoisotopic (exact) mass is 425 g/mol.